The molecule has 0 N–H and O–H groups in total. The van der Waals surface area contributed by atoms with Crippen molar-refractivity contribution in [1.29, 1.82) is 0 Å². The van der Waals surface area contributed by atoms with Gasteiger partial charge in [0.05, 0.1) is 17.8 Å². The Balaban J connectivity index is 1.61. The summed E-state index contributed by atoms with van der Waals surface area (Å²) >= 11 is 0. The SMILES string of the molecule is CCOC(=O)C1C(CCCB2OC(C)(C)C(C)(C)O2)CC(C)N1C(=O)OCc1ccccc1. The van der Waals surface area contributed by atoms with Gasteiger partial charge in [0.1, 0.15) is 12.6 Å². The number of hydrogen-bond donors (Lipinski definition) is 0. The van der Waals surface area contributed by atoms with Gasteiger partial charge in [-0.25, -0.2) is 9.59 Å². The fraction of sp³-hybridized carbons (Fsp3) is 0.680. The van der Waals surface area contributed by atoms with E-state index in [2.05, 4.69) is 0 Å². The molecule has 3 rings (SSSR count). The Morgan fingerprint density at radius 3 is 2.33 bits per heavy atom. The van der Waals surface area contributed by atoms with Crippen molar-refractivity contribution in [3.63, 3.8) is 0 Å². The van der Waals surface area contributed by atoms with Gasteiger partial charge in [-0.05, 0) is 72.2 Å². The zero-order valence-electron chi connectivity index (χ0n) is 20.8. The maximum Gasteiger partial charge on any atom is 0.457 e. The third kappa shape index (κ3) is 5.90. The minimum absolute atomic E-state index is 0.00532. The molecular formula is C25H38BNO6. The highest BCUT2D eigenvalue weighted by Gasteiger charge is 2.51. The number of carbonyl (C=O) groups excluding carboxylic acids is 2. The van der Waals surface area contributed by atoms with Gasteiger partial charge in [0, 0.05) is 6.04 Å². The molecule has 33 heavy (non-hydrogen) atoms. The van der Waals surface area contributed by atoms with E-state index in [9.17, 15) is 9.59 Å². The van der Waals surface area contributed by atoms with Crippen molar-refractivity contribution < 1.29 is 28.4 Å². The van der Waals surface area contributed by atoms with Crippen LogP contribution >= 0.6 is 0 Å². The van der Waals surface area contributed by atoms with Crippen molar-refractivity contribution >= 4 is 19.2 Å². The smallest absolute Gasteiger partial charge is 0.457 e. The molecule has 3 unspecified atom stereocenters. The van der Waals surface area contributed by atoms with Crippen LogP contribution in [-0.2, 0) is 30.2 Å². The molecule has 2 aliphatic rings. The molecule has 0 bridgehead atoms. The van der Waals surface area contributed by atoms with Crippen LogP contribution in [-0.4, -0.2) is 54.0 Å². The summed E-state index contributed by atoms with van der Waals surface area (Å²) in [5, 5.41) is 0. The molecule has 0 aliphatic carbocycles. The second-order valence-electron chi connectivity index (χ2n) is 10.1. The number of amides is 1. The van der Waals surface area contributed by atoms with Crippen molar-refractivity contribution in [2.45, 2.75) is 97.0 Å². The van der Waals surface area contributed by atoms with Crippen LogP contribution in [0.5, 0.6) is 0 Å². The lowest BCUT2D eigenvalue weighted by molar-refractivity contribution is -0.149. The largest absolute Gasteiger partial charge is 0.464 e. The van der Waals surface area contributed by atoms with Crippen LogP contribution in [0.15, 0.2) is 30.3 Å². The first-order valence-electron chi connectivity index (χ1n) is 12.1. The van der Waals surface area contributed by atoms with Gasteiger partial charge in [-0.3, -0.25) is 4.90 Å². The third-order valence-electron chi connectivity index (χ3n) is 7.13. The molecule has 182 valence electrons. The fourth-order valence-electron chi connectivity index (χ4n) is 4.71. The summed E-state index contributed by atoms with van der Waals surface area (Å²) in [7, 11) is -0.262. The van der Waals surface area contributed by atoms with Crippen molar-refractivity contribution in [3.05, 3.63) is 35.9 Å². The Bertz CT molecular complexity index is 798. The number of likely N-dealkylation sites (tertiary alicyclic amines) is 1. The monoisotopic (exact) mass is 459 g/mol. The number of rotatable bonds is 8. The Kier molecular flexibility index (Phi) is 8.11. The Labute approximate surface area is 198 Å². The Hall–Kier alpha value is -2.06. The van der Waals surface area contributed by atoms with E-state index in [0.29, 0.717) is 0 Å². The Morgan fingerprint density at radius 1 is 1.09 bits per heavy atom. The first-order chi connectivity index (χ1) is 15.6. The lowest BCUT2D eigenvalue weighted by atomic mass is 9.80. The number of carbonyl (C=O) groups is 2. The predicted molar refractivity (Wildman–Crippen MR) is 127 cm³/mol. The zero-order valence-corrected chi connectivity index (χ0v) is 20.8. The van der Waals surface area contributed by atoms with E-state index in [0.717, 1.165) is 31.1 Å². The van der Waals surface area contributed by atoms with Gasteiger partial charge in [-0.1, -0.05) is 36.8 Å². The highest BCUT2D eigenvalue weighted by Crippen LogP contribution is 2.39. The molecule has 0 spiro atoms. The van der Waals surface area contributed by atoms with E-state index in [-0.39, 0.29) is 49.5 Å². The van der Waals surface area contributed by atoms with Crippen molar-refractivity contribution in [2.24, 2.45) is 5.92 Å². The van der Waals surface area contributed by atoms with E-state index in [1.165, 1.54) is 0 Å². The summed E-state index contributed by atoms with van der Waals surface area (Å²) in [6.45, 7) is 12.4. The quantitative estimate of drug-likeness (QED) is 0.409. The molecule has 1 aromatic carbocycles. The highest BCUT2D eigenvalue weighted by molar-refractivity contribution is 6.45. The van der Waals surface area contributed by atoms with Gasteiger partial charge in [0.25, 0.3) is 0 Å². The average Bonchev–Trinajstić information content (AvgIpc) is 3.18. The molecule has 2 fully saturated rings. The Morgan fingerprint density at radius 2 is 1.73 bits per heavy atom. The van der Waals surface area contributed by atoms with Crippen LogP contribution in [0.4, 0.5) is 4.79 Å². The molecule has 0 aromatic heterocycles. The summed E-state index contributed by atoms with van der Waals surface area (Å²) in [6.07, 6.45) is 2.61. The van der Waals surface area contributed by atoms with Crippen molar-refractivity contribution in [2.75, 3.05) is 6.61 Å². The van der Waals surface area contributed by atoms with Gasteiger partial charge in [0.2, 0.25) is 0 Å². The lowest BCUT2D eigenvalue weighted by Gasteiger charge is -2.32. The van der Waals surface area contributed by atoms with E-state index >= 15 is 0 Å². The molecule has 1 aromatic rings. The summed E-state index contributed by atoms with van der Waals surface area (Å²) in [6, 6.07) is 8.78. The molecule has 2 heterocycles. The van der Waals surface area contributed by atoms with E-state index < -0.39 is 12.1 Å². The lowest BCUT2D eigenvalue weighted by Crippen LogP contribution is -2.47. The van der Waals surface area contributed by atoms with Crippen LogP contribution in [0.2, 0.25) is 6.32 Å². The second-order valence-corrected chi connectivity index (χ2v) is 10.1. The zero-order chi connectivity index (χ0) is 24.2. The summed E-state index contributed by atoms with van der Waals surface area (Å²) in [4.78, 5) is 27.4. The maximum atomic E-state index is 13.0. The summed E-state index contributed by atoms with van der Waals surface area (Å²) in [5.74, 6) is -0.357. The second kappa shape index (κ2) is 10.5. The van der Waals surface area contributed by atoms with Gasteiger partial charge < -0.3 is 18.8 Å². The predicted octanol–water partition coefficient (Wildman–Crippen LogP) is 4.84. The maximum absolute atomic E-state index is 13.0. The first kappa shape index (κ1) is 25.6. The number of ether oxygens (including phenoxy) is 2. The molecule has 0 saturated carbocycles. The minimum atomic E-state index is -0.637. The van der Waals surface area contributed by atoms with Gasteiger partial charge in [-0.2, -0.15) is 0 Å². The topological polar surface area (TPSA) is 74.3 Å². The third-order valence-corrected chi connectivity index (χ3v) is 7.13. The van der Waals surface area contributed by atoms with Crippen LogP contribution in [0.3, 0.4) is 0 Å². The minimum Gasteiger partial charge on any atom is -0.464 e. The molecule has 2 saturated heterocycles. The van der Waals surface area contributed by atoms with Crippen molar-refractivity contribution in [3.8, 4) is 0 Å². The van der Waals surface area contributed by atoms with Gasteiger partial charge >= 0.3 is 19.2 Å². The highest BCUT2D eigenvalue weighted by atomic mass is 16.7. The average molecular weight is 459 g/mol. The number of benzene rings is 1. The normalized spacial score (nSPS) is 25.8. The number of hydrogen-bond acceptors (Lipinski definition) is 6. The molecule has 8 heteroatoms. The van der Waals surface area contributed by atoms with Gasteiger partial charge in [0.15, 0.2) is 0 Å². The van der Waals surface area contributed by atoms with Crippen LogP contribution < -0.4 is 0 Å². The standard InChI is InChI=1S/C25H38BNO6/c1-7-30-22(28)21-20(14-11-15-26-32-24(3,4)25(5,6)33-26)16-18(2)27(21)23(29)31-17-19-12-9-8-10-13-19/h8-10,12-13,18,20-21H,7,11,14-17H2,1-6H3. The molecule has 1 amide bonds. The molecule has 0 radical (unpaired) electrons. The molecule has 3 atom stereocenters. The fourth-order valence-corrected chi connectivity index (χ4v) is 4.71. The molecule has 2 aliphatic heterocycles. The van der Waals surface area contributed by atoms with E-state index in [4.69, 9.17) is 18.8 Å². The number of nitrogens with zero attached hydrogens (tertiary/aromatic N) is 1. The van der Waals surface area contributed by atoms with Gasteiger partial charge in [-0.15, -0.1) is 0 Å². The molecular weight excluding hydrogens is 421 g/mol. The van der Waals surface area contributed by atoms with Crippen LogP contribution in [0, 0.1) is 5.92 Å². The van der Waals surface area contributed by atoms with Crippen LogP contribution in [0.25, 0.3) is 0 Å². The number of esters is 1. The van der Waals surface area contributed by atoms with Crippen molar-refractivity contribution in [1.82, 2.24) is 4.90 Å². The van der Waals surface area contributed by atoms with E-state index in [1.807, 2.05) is 65.0 Å². The molecule has 7 nitrogen and oxygen atoms in total. The van der Waals surface area contributed by atoms with E-state index in [1.54, 1.807) is 11.8 Å². The summed E-state index contributed by atoms with van der Waals surface area (Å²) < 4.78 is 23.1. The summed E-state index contributed by atoms with van der Waals surface area (Å²) in [5.41, 5.74) is 0.197. The first-order valence-corrected chi connectivity index (χ1v) is 12.1. The van der Waals surface area contributed by atoms with Crippen LogP contribution in [0.1, 0.15) is 66.4 Å².